The van der Waals surface area contributed by atoms with Crippen LogP contribution in [0.3, 0.4) is 0 Å². The fraction of sp³-hybridized carbons (Fsp3) is 0.963. The molecule has 0 aliphatic heterocycles. The van der Waals surface area contributed by atoms with Gasteiger partial charge in [0.1, 0.15) is 0 Å². The Hall–Kier alpha value is -1.59. The Morgan fingerprint density at radius 1 is 0.172 bits per heavy atom. The van der Waals surface area contributed by atoms with Crippen molar-refractivity contribution in [3.8, 4) is 0 Å². The van der Waals surface area contributed by atoms with E-state index in [-0.39, 0.29) is 25.7 Å². The quantitative estimate of drug-likeness (QED) is 0.0343. The predicted molar refractivity (Wildman–Crippen MR) is 381 cm³/mol. The first-order valence-corrected chi connectivity index (χ1v) is 40.6. The molecule has 6 heteroatoms. The highest BCUT2D eigenvalue weighted by Crippen LogP contribution is 2.26. The molecule has 0 unspecified atom stereocenters. The molecule has 0 aromatic rings. The monoisotopic (exact) mass is 1230 g/mol. The lowest BCUT2D eigenvalue weighted by molar-refractivity contribution is -0.331. The molecular weight excluding hydrogens is 1070 g/mol. The Kier molecular flexibility index (Phi) is 72.1. The normalized spacial score (nSPS) is 11.7. The van der Waals surface area contributed by atoms with Crippen molar-refractivity contribution in [2.75, 3.05) is 0 Å². The zero-order valence-electron chi connectivity index (χ0n) is 60.1. The highest BCUT2D eigenvalue weighted by atomic mass is 16.9. The van der Waals surface area contributed by atoms with Gasteiger partial charge in [-0.25, -0.2) is 0 Å². The molecule has 0 heterocycles. The number of rotatable bonds is 76. The maximum absolute atomic E-state index is 13.3. The van der Waals surface area contributed by atoms with Crippen molar-refractivity contribution in [3.05, 3.63) is 0 Å². The number of unbranched alkanes of at least 4 members (excludes halogenated alkanes) is 66. The lowest BCUT2D eigenvalue weighted by Crippen LogP contribution is -2.44. The summed E-state index contributed by atoms with van der Waals surface area (Å²) in [5.41, 5.74) is 0. The van der Waals surface area contributed by atoms with Crippen LogP contribution in [0.2, 0.25) is 0 Å². The number of hydrogen-bond donors (Lipinski definition) is 0. The topological polar surface area (TPSA) is 78.9 Å². The summed E-state index contributed by atoms with van der Waals surface area (Å²) in [5, 5.41) is 0. The van der Waals surface area contributed by atoms with E-state index in [0.29, 0.717) is 0 Å². The molecule has 0 amide bonds. The van der Waals surface area contributed by atoms with Crippen molar-refractivity contribution in [3.63, 3.8) is 0 Å². The van der Waals surface area contributed by atoms with E-state index in [4.69, 9.17) is 14.2 Å². The molecule has 0 bridgehead atoms. The standard InChI is InChI=1S/C81H158O6/c1-5-9-12-15-18-21-24-27-30-33-36-39-42-45-48-51-54-57-60-63-66-69-72-75-78(82)85-81(8-4,86-79(83)76-73-70-67-64-61-58-55-52-49-46-43-40-37-34-31-28-25-22-19-16-13-10-6-2)87-80(84)77-74-71-68-65-62-59-56-53-50-47-44-41-38-35-32-29-26-23-20-17-14-11-7-3/h5-77H2,1-4H3. The third kappa shape index (κ3) is 68.6. The van der Waals surface area contributed by atoms with Crippen LogP contribution in [0.4, 0.5) is 0 Å². The van der Waals surface area contributed by atoms with Crippen LogP contribution in [0.1, 0.15) is 496 Å². The Morgan fingerprint density at radius 2 is 0.276 bits per heavy atom. The minimum absolute atomic E-state index is 0.0778. The summed E-state index contributed by atoms with van der Waals surface area (Å²) in [7, 11) is 0. The Balaban J connectivity index is 4.44. The zero-order valence-corrected chi connectivity index (χ0v) is 60.1. The molecule has 518 valence electrons. The van der Waals surface area contributed by atoms with Crippen molar-refractivity contribution >= 4 is 17.9 Å². The average molecular weight is 1230 g/mol. The highest BCUT2D eigenvalue weighted by Gasteiger charge is 2.41. The SMILES string of the molecule is CCCCCCCCCCCCCCCCCCCCCCCCCC(=O)OC(CC)(OC(=O)CCCCCCCCCCCCCCCCCCCCCCCCC)OC(=O)CCCCCCCCCCCCCCCCCCCCCCCCC. The minimum atomic E-state index is -1.99. The van der Waals surface area contributed by atoms with Crippen LogP contribution in [0, 0.1) is 0 Å². The van der Waals surface area contributed by atoms with Gasteiger partial charge < -0.3 is 14.2 Å². The molecule has 0 spiro atoms. The van der Waals surface area contributed by atoms with Gasteiger partial charge in [-0.2, -0.15) is 0 Å². The second kappa shape index (κ2) is 73.5. The van der Waals surface area contributed by atoms with E-state index in [1.54, 1.807) is 6.92 Å². The van der Waals surface area contributed by atoms with Crippen LogP contribution < -0.4 is 0 Å². The van der Waals surface area contributed by atoms with Gasteiger partial charge in [0.05, 0.1) is 6.42 Å². The van der Waals surface area contributed by atoms with Crippen molar-refractivity contribution in [1.29, 1.82) is 0 Å². The van der Waals surface area contributed by atoms with E-state index in [0.717, 1.165) is 57.8 Å². The molecule has 0 fully saturated rings. The molecule has 6 nitrogen and oxygen atoms in total. The molecule has 0 rings (SSSR count). The molecule has 87 heavy (non-hydrogen) atoms. The molecule has 0 saturated carbocycles. The third-order valence-electron chi connectivity index (χ3n) is 19.2. The molecular formula is C81H158O6. The number of ether oxygens (including phenoxy) is 3. The van der Waals surface area contributed by atoms with Crippen LogP contribution in [0.15, 0.2) is 0 Å². The summed E-state index contributed by atoms with van der Waals surface area (Å²) in [5.74, 6) is -3.36. The maximum atomic E-state index is 13.3. The molecule has 0 radical (unpaired) electrons. The van der Waals surface area contributed by atoms with Gasteiger partial charge in [-0.05, 0) is 19.3 Å². The lowest BCUT2D eigenvalue weighted by atomic mass is 10.0. The molecule has 0 aromatic heterocycles. The number of carbonyl (C=O) groups excluding carboxylic acids is 3. The lowest BCUT2D eigenvalue weighted by Gasteiger charge is -2.30. The first-order valence-electron chi connectivity index (χ1n) is 40.6. The zero-order chi connectivity index (χ0) is 63.0. The van der Waals surface area contributed by atoms with Crippen LogP contribution in [-0.4, -0.2) is 23.9 Å². The van der Waals surface area contributed by atoms with Gasteiger partial charge in [0.25, 0.3) is 0 Å². The van der Waals surface area contributed by atoms with Crippen LogP contribution in [0.25, 0.3) is 0 Å². The first kappa shape index (κ1) is 85.4. The van der Waals surface area contributed by atoms with Gasteiger partial charge in [0.15, 0.2) is 0 Å². The molecule has 0 aliphatic rings. The van der Waals surface area contributed by atoms with Crippen LogP contribution >= 0.6 is 0 Å². The van der Waals surface area contributed by atoms with E-state index >= 15 is 0 Å². The van der Waals surface area contributed by atoms with Gasteiger partial charge in [0, 0.05) is 19.3 Å². The Bertz CT molecular complexity index is 1190. The van der Waals surface area contributed by atoms with E-state index in [1.165, 1.54) is 385 Å². The van der Waals surface area contributed by atoms with Crippen molar-refractivity contribution < 1.29 is 28.6 Å². The number of hydrogen-bond acceptors (Lipinski definition) is 6. The summed E-state index contributed by atoms with van der Waals surface area (Å²) < 4.78 is 17.6. The third-order valence-corrected chi connectivity index (χ3v) is 19.2. The first-order chi connectivity index (χ1) is 42.9. The van der Waals surface area contributed by atoms with Gasteiger partial charge in [-0.3, -0.25) is 14.4 Å². The molecule has 0 atom stereocenters. The predicted octanol–water partition coefficient (Wildman–Crippen LogP) is 28.8. The van der Waals surface area contributed by atoms with Gasteiger partial charge in [-0.15, -0.1) is 0 Å². The minimum Gasteiger partial charge on any atom is -0.388 e. The molecule has 0 aliphatic carbocycles. The summed E-state index contributed by atoms with van der Waals surface area (Å²) >= 11 is 0. The van der Waals surface area contributed by atoms with Gasteiger partial charge >= 0.3 is 23.9 Å². The highest BCUT2D eigenvalue weighted by molar-refractivity contribution is 5.74. The van der Waals surface area contributed by atoms with Gasteiger partial charge in [0.2, 0.25) is 0 Å². The van der Waals surface area contributed by atoms with Crippen molar-refractivity contribution in [1.82, 2.24) is 0 Å². The summed E-state index contributed by atoms with van der Waals surface area (Å²) in [6.45, 7) is 8.66. The van der Waals surface area contributed by atoms with Crippen LogP contribution in [-0.2, 0) is 28.6 Å². The second-order valence-corrected chi connectivity index (χ2v) is 28.0. The van der Waals surface area contributed by atoms with Crippen LogP contribution in [0.5, 0.6) is 0 Å². The number of carbonyl (C=O) groups is 3. The average Bonchev–Trinajstić information content (AvgIpc) is 3.71. The number of esters is 3. The summed E-state index contributed by atoms with van der Waals surface area (Å²) in [4.78, 5) is 40.0. The van der Waals surface area contributed by atoms with E-state index in [2.05, 4.69) is 20.8 Å². The van der Waals surface area contributed by atoms with E-state index in [9.17, 15) is 14.4 Å². The fourth-order valence-corrected chi connectivity index (χ4v) is 13.1. The summed E-state index contributed by atoms with van der Waals surface area (Å²) in [6.07, 6.45) is 92.4. The van der Waals surface area contributed by atoms with E-state index < -0.39 is 23.9 Å². The second-order valence-electron chi connectivity index (χ2n) is 28.0. The maximum Gasteiger partial charge on any atom is 0.423 e. The Morgan fingerprint density at radius 3 is 0.379 bits per heavy atom. The fourth-order valence-electron chi connectivity index (χ4n) is 13.1. The van der Waals surface area contributed by atoms with Crippen molar-refractivity contribution in [2.45, 2.75) is 502 Å². The summed E-state index contributed by atoms with van der Waals surface area (Å²) in [6, 6.07) is 0. The smallest absolute Gasteiger partial charge is 0.388 e. The molecule has 0 N–H and O–H groups in total. The Labute approximate surface area is 546 Å². The van der Waals surface area contributed by atoms with Crippen molar-refractivity contribution in [2.24, 2.45) is 0 Å². The largest absolute Gasteiger partial charge is 0.423 e. The van der Waals surface area contributed by atoms with E-state index in [1.807, 2.05) is 0 Å². The molecule has 0 aromatic carbocycles. The van der Waals surface area contributed by atoms with Gasteiger partial charge in [-0.1, -0.05) is 451 Å². The molecule has 0 saturated heterocycles.